The van der Waals surface area contributed by atoms with E-state index in [1.165, 1.54) is 7.11 Å². The zero-order chi connectivity index (χ0) is 13.8. The average molecular weight is 266 g/mol. The van der Waals surface area contributed by atoms with E-state index in [1.54, 1.807) is 24.3 Å². The number of benzene rings is 1. The minimum atomic E-state index is -0.783. The van der Waals surface area contributed by atoms with Crippen LogP contribution in [0.4, 0.5) is 0 Å². The van der Waals surface area contributed by atoms with Crippen molar-refractivity contribution in [1.82, 2.24) is 0 Å². The third-order valence-electron chi connectivity index (χ3n) is 2.83. The number of carbonyl (C=O) groups is 2. The van der Waals surface area contributed by atoms with Crippen LogP contribution in [-0.2, 0) is 14.3 Å². The van der Waals surface area contributed by atoms with Crippen LogP contribution < -0.4 is 4.74 Å². The van der Waals surface area contributed by atoms with Gasteiger partial charge in [0, 0.05) is 0 Å². The Kier molecular flexibility index (Phi) is 4.01. The Labute approximate surface area is 109 Å². The summed E-state index contributed by atoms with van der Waals surface area (Å²) in [7, 11) is 1.53. The van der Waals surface area contributed by atoms with Gasteiger partial charge in [0.15, 0.2) is 12.2 Å². The second kappa shape index (κ2) is 5.71. The van der Waals surface area contributed by atoms with Gasteiger partial charge in [0.2, 0.25) is 0 Å². The van der Waals surface area contributed by atoms with E-state index in [2.05, 4.69) is 0 Å². The molecular formula is C13H14O6. The van der Waals surface area contributed by atoms with Crippen molar-refractivity contribution in [2.24, 2.45) is 0 Å². The summed E-state index contributed by atoms with van der Waals surface area (Å²) in [6.07, 6.45) is -1.56. The molecular weight excluding hydrogens is 252 g/mol. The number of aliphatic hydroxyl groups is 1. The van der Waals surface area contributed by atoms with E-state index in [1.807, 2.05) is 0 Å². The molecule has 0 aliphatic carbocycles. The molecule has 2 atom stereocenters. The lowest BCUT2D eigenvalue weighted by molar-refractivity contribution is -0.143. The first kappa shape index (κ1) is 13.4. The third kappa shape index (κ3) is 3.03. The van der Waals surface area contributed by atoms with E-state index < -0.39 is 24.1 Å². The van der Waals surface area contributed by atoms with Crippen molar-refractivity contribution < 1.29 is 28.9 Å². The Morgan fingerprint density at radius 2 is 2.11 bits per heavy atom. The summed E-state index contributed by atoms with van der Waals surface area (Å²) in [5.74, 6) is -0.417. The number of carbonyl (C=O) groups excluding carboxylic acids is 2. The van der Waals surface area contributed by atoms with Gasteiger partial charge in [-0.05, 0) is 24.3 Å². The van der Waals surface area contributed by atoms with E-state index in [9.17, 15) is 9.59 Å². The summed E-state index contributed by atoms with van der Waals surface area (Å²) in [6.45, 7) is -0.369. The molecule has 1 aromatic rings. The normalized spacial score (nSPS) is 21.9. The zero-order valence-corrected chi connectivity index (χ0v) is 10.4. The average Bonchev–Trinajstić information content (AvgIpc) is 2.78. The lowest BCUT2D eigenvalue weighted by Crippen LogP contribution is -2.30. The molecule has 1 aromatic carbocycles. The van der Waals surface area contributed by atoms with Gasteiger partial charge in [0.1, 0.15) is 5.75 Å². The predicted molar refractivity (Wildman–Crippen MR) is 63.8 cm³/mol. The number of ether oxygens (including phenoxy) is 3. The van der Waals surface area contributed by atoms with Gasteiger partial charge in [-0.2, -0.15) is 0 Å². The van der Waals surface area contributed by atoms with Crippen LogP contribution in [0.2, 0.25) is 0 Å². The fourth-order valence-electron chi connectivity index (χ4n) is 1.79. The van der Waals surface area contributed by atoms with Crippen LogP contribution in [0.25, 0.3) is 0 Å². The quantitative estimate of drug-likeness (QED) is 0.800. The molecule has 1 aliphatic heterocycles. The molecule has 102 valence electrons. The highest BCUT2D eigenvalue weighted by Gasteiger charge is 2.37. The summed E-state index contributed by atoms with van der Waals surface area (Å²) in [5, 5.41) is 9.02. The molecule has 6 nitrogen and oxygen atoms in total. The summed E-state index contributed by atoms with van der Waals surface area (Å²) in [6, 6.07) is 6.40. The van der Waals surface area contributed by atoms with Crippen LogP contribution in [0, 0.1) is 0 Å². The fraction of sp³-hybridized carbons (Fsp3) is 0.385. The van der Waals surface area contributed by atoms with Crippen molar-refractivity contribution in [3.05, 3.63) is 29.8 Å². The number of esters is 2. The minimum absolute atomic E-state index is 0.0346. The summed E-state index contributed by atoms with van der Waals surface area (Å²) >= 11 is 0. The minimum Gasteiger partial charge on any atom is -0.497 e. The van der Waals surface area contributed by atoms with Gasteiger partial charge in [0.25, 0.3) is 0 Å². The number of aliphatic hydroxyl groups excluding tert-OH is 1. The SMILES string of the molecule is COc1ccc(C(=O)O[C@H]2CC(=O)O[C@@H]2CO)cc1. The molecule has 6 heteroatoms. The highest BCUT2D eigenvalue weighted by Crippen LogP contribution is 2.20. The molecule has 0 saturated carbocycles. The molecule has 0 unspecified atom stereocenters. The Morgan fingerprint density at radius 3 is 2.68 bits per heavy atom. The van der Waals surface area contributed by atoms with E-state index in [4.69, 9.17) is 19.3 Å². The number of rotatable bonds is 4. The topological polar surface area (TPSA) is 82.1 Å². The van der Waals surface area contributed by atoms with Gasteiger partial charge in [-0.3, -0.25) is 4.79 Å². The molecule has 1 aliphatic rings. The Morgan fingerprint density at radius 1 is 1.42 bits per heavy atom. The van der Waals surface area contributed by atoms with Crippen molar-refractivity contribution >= 4 is 11.9 Å². The molecule has 0 aromatic heterocycles. The first-order valence-corrected chi connectivity index (χ1v) is 5.79. The summed E-state index contributed by atoms with van der Waals surface area (Å²) < 4.78 is 15.0. The van der Waals surface area contributed by atoms with Gasteiger partial charge in [0.05, 0.1) is 25.7 Å². The Balaban J connectivity index is 2.01. The maximum absolute atomic E-state index is 11.9. The van der Waals surface area contributed by atoms with Crippen LogP contribution in [0.5, 0.6) is 5.75 Å². The maximum atomic E-state index is 11.9. The van der Waals surface area contributed by atoms with Gasteiger partial charge in [-0.25, -0.2) is 4.79 Å². The van der Waals surface area contributed by atoms with Gasteiger partial charge < -0.3 is 19.3 Å². The second-order valence-electron chi connectivity index (χ2n) is 4.09. The standard InChI is InChI=1S/C13H14O6/c1-17-9-4-2-8(3-5-9)13(16)19-10-6-12(15)18-11(10)7-14/h2-5,10-11,14H,6-7H2,1H3/t10-,11+/m0/s1. The highest BCUT2D eigenvalue weighted by atomic mass is 16.6. The van der Waals surface area contributed by atoms with Crippen molar-refractivity contribution in [3.8, 4) is 5.75 Å². The van der Waals surface area contributed by atoms with Crippen molar-refractivity contribution in [3.63, 3.8) is 0 Å². The maximum Gasteiger partial charge on any atom is 0.338 e. The smallest absolute Gasteiger partial charge is 0.338 e. The second-order valence-corrected chi connectivity index (χ2v) is 4.09. The molecule has 1 N–H and O–H groups in total. The molecule has 0 spiro atoms. The molecule has 1 heterocycles. The van der Waals surface area contributed by atoms with Gasteiger partial charge in [-0.15, -0.1) is 0 Å². The molecule has 0 amide bonds. The monoisotopic (exact) mass is 266 g/mol. The van der Waals surface area contributed by atoms with Gasteiger partial charge >= 0.3 is 11.9 Å². The predicted octanol–water partition coefficient (Wildman–Crippen LogP) is 0.528. The van der Waals surface area contributed by atoms with Gasteiger partial charge in [-0.1, -0.05) is 0 Å². The molecule has 19 heavy (non-hydrogen) atoms. The van der Waals surface area contributed by atoms with Crippen LogP contribution >= 0.6 is 0 Å². The lowest BCUT2D eigenvalue weighted by atomic mass is 10.2. The van der Waals surface area contributed by atoms with Crippen LogP contribution in [0.15, 0.2) is 24.3 Å². The number of cyclic esters (lactones) is 1. The number of hydrogen-bond donors (Lipinski definition) is 1. The van der Waals surface area contributed by atoms with Crippen molar-refractivity contribution in [1.29, 1.82) is 0 Å². The summed E-state index contributed by atoms with van der Waals surface area (Å²) in [5.41, 5.74) is 0.344. The first-order chi connectivity index (χ1) is 9.13. The number of methoxy groups -OCH3 is 1. The highest BCUT2D eigenvalue weighted by molar-refractivity contribution is 5.90. The Hall–Kier alpha value is -2.08. The molecule has 0 bridgehead atoms. The number of hydrogen-bond acceptors (Lipinski definition) is 6. The zero-order valence-electron chi connectivity index (χ0n) is 10.4. The van der Waals surface area contributed by atoms with E-state index in [-0.39, 0.29) is 13.0 Å². The van der Waals surface area contributed by atoms with Crippen LogP contribution in [0.3, 0.4) is 0 Å². The van der Waals surface area contributed by atoms with Crippen LogP contribution in [0.1, 0.15) is 16.8 Å². The van der Waals surface area contributed by atoms with Crippen LogP contribution in [-0.4, -0.2) is 43.0 Å². The fourth-order valence-corrected chi connectivity index (χ4v) is 1.79. The largest absolute Gasteiger partial charge is 0.497 e. The Bertz CT molecular complexity index is 467. The van der Waals surface area contributed by atoms with Crippen molar-refractivity contribution in [2.75, 3.05) is 13.7 Å². The van der Waals surface area contributed by atoms with E-state index in [0.29, 0.717) is 11.3 Å². The molecule has 1 fully saturated rings. The third-order valence-corrected chi connectivity index (χ3v) is 2.83. The van der Waals surface area contributed by atoms with Crippen molar-refractivity contribution in [2.45, 2.75) is 18.6 Å². The van der Waals surface area contributed by atoms with E-state index in [0.717, 1.165) is 0 Å². The first-order valence-electron chi connectivity index (χ1n) is 5.79. The lowest BCUT2D eigenvalue weighted by Gasteiger charge is -2.15. The summed E-state index contributed by atoms with van der Waals surface area (Å²) in [4.78, 5) is 22.9. The molecule has 2 rings (SSSR count). The molecule has 0 radical (unpaired) electrons. The van der Waals surface area contributed by atoms with E-state index >= 15 is 0 Å². The molecule has 1 saturated heterocycles.